The molecular weight excluding hydrogens is 355 g/mol. The number of anilines is 1. The van der Waals surface area contributed by atoms with Crippen molar-refractivity contribution in [1.29, 1.82) is 0 Å². The molecule has 1 amide bonds. The van der Waals surface area contributed by atoms with Crippen molar-refractivity contribution in [2.75, 3.05) is 11.9 Å². The third kappa shape index (κ3) is 4.28. The van der Waals surface area contributed by atoms with Crippen LogP contribution in [0.25, 0.3) is 0 Å². The molecule has 0 spiro atoms. The molecule has 2 atom stereocenters. The van der Waals surface area contributed by atoms with Gasteiger partial charge in [-0.1, -0.05) is 19.1 Å². The van der Waals surface area contributed by atoms with Gasteiger partial charge < -0.3 is 5.32 Å². The molecule has 1 fully saturated rings. The lowest BCUT2D eigenvalue weighted by atomic mass is 10.1. The fourth-order valence-corrected chi connectivity index (χ4v) is 3.97. The molecular formula is C19H21FN2O3S. The van der Waals surface area contributed by atoms with Crippen molar-refractivity contribution in [3.63, 3.8) is 0 Å². The van der Waals surface area contributed by atoms with Crippen molar-refractivity contribution in [3.05, 3.63) is 59.9 Å². The smallest absolute Gasteiger partial charge is 0.240 e. The van der Waals surface area contributed by atoms with Crippen LogP contribution in [0.5, 0.6) is 0 Å². The van der Waals surface area contributed by atoms with Crippen molar-refractivity contribution in [3.8, 4) is 0 Å². The predicted octanol–water partition coefficient (Wildman–Crippen LogP) is 3.26. The van der Waals surface area contributed by atoms with Crippen molar-refractivity contribution in [1.82, 2.24) is 4.72 Å². The molecule has 7 heteroatoms. The van der Waals surface area contributed by atoms with Crippen LogP contribution in [-0.4, -0.2) is 20.9 Å². The molecule has 5 nitrogen and oxygen atoms in total. The molecule has 0 bridgehead atoms. The van der Waals surface area contributed by atoms with Gasteiger partial charge in [-0.15, -0.1) is 0 Å². The number of nitrogens with one attached hydrogen (secondary N) is 2. The minimum absolute atomic E-state index is 0.105. The van der Waals surface area contributed by atoms with E-state index in [1.807, 2.05) is 6.92 Å². The van der Waals surface area contributed by atoms with E-state index in [4.69, 9.17) is 0 Å². The van der Waals surface area contributed by atoms with Crippen LogP contribution in [0.2, 0.25) is 0 Å². The summed E-state index contributed by atoms with van der Waals surface area (Å²) in [4.78, 5) is 12.5. The Balaban J connectivity index is 1.59. The van der Waals surface area contributed by atoms with Crippen LogP contribution in [-0.2, 0) is 14.8 Å². The Kier molecular flexibility index (Phi) is 5.38. The SMILES string of the molecule is CCCNS(=O)(=O)c1ccc(NC(=O)C2CC2c2ccc(F)cc2)cc1. The Bertz CT molecular complexity index is 880. The van der Waals surface area contributed by atoms with E-state index in [1.165, 1.54) is 24.3 Å². The molecule has 0 radical (unpaired) electrons. The number of benzene rings is 2. The topological polar surface area (TPSA) is 75.3 Å². The molecule has 3 rings (SSSR count). The highest BCUT2D eigenvalue weighted by atomic mass is 32.2. The summed E-state index contributed by atoms with van der Waals surface area (Å²) >= 11 is 0. The van der Waals surface area contributed by atoms with E-state index < -0.39 is 10.0 Å². The number of sulfonamides is 1. The fourth-order valence-electron chi connectivity index (χ4n) is 2.84. The van der Waals surface area contributed by atoms with E-state index in [0.29, 0.717) is 18.7 Å². The zero-order valence-electron chi connectivity index (χ0n) is 14.4. The summed E-state index contributed by atoms with van der Waals surface area (Å²) < 4.78 is 39.6. The van der Waals surface area contributed by atoms with Gasteiger partial charge in [-0.2, -0.15) is 0 Å². The summed E-state index contributed by atoms with van der Waals surface area (Å²) in [7, 11) is -3.51. The largest absolute Gasteiger partial charge is 0.326 e. The van der Waals surface area contributed by atoms with E-state index in [2.05, 4.69) is 10.0 Å². The van der Waals surface area contributed by atoms with Crippen molar-refractivity contribution < 1.29 is 17.6 Å². The Morgan fingerprint density at radius 3 is 2.38 bits per heavy atom. The third-order valence-corrected chi connectivity index (χ3v) is 5.88. The summed E-state index contributed by atoms with van der Waals surface area (Å²) in [6.07, 6.45) is 1.44. The zero-order chi connectivity index (χ0) is 18.7. The average Bonchev–Trinajstić information content (AvgIpc) is 3.42. The van der Waals surface area contributed by atoms with Crippen molar-refractivity contribution in [2.45, 2.75) is 30.6 Å². The third-order valence-electron chi connectivity index (χ3n) is 4.40. The van der Waals surface area contributed by atoms with Gasteiger partial charge in [0.2, 0.25) is 15.9 Å². The summed E-state index contributed by atoms with van der Waals surface area (Å²) in [5.41, 5.74) is 1.50. The molecule has 1 aliphatic rings. The highest BCUT2D eigenvalue weighted by molar-refractivity contribution is 7.89. The molecule has 2 N–H and O–H groups in total. The summed E-state index contributed by atoms with van der Waals surface area (Å²) in [6, 6.07) is 12.3. The predicted molar refractivity (Wildman–Crippen MR) is 97.8 cm³/mol. The molecule has 0 heterocycles. The normalized spacial score (nSPS) is 19.2. The first-order valence-electron chi connectivity index (χ1n) is 8.57. The number of halogens is 1. The second kappa shape index (κ2) is 7.55. The number of amides is 1. The number of rotatable bonds is 7. The number of hydrogen-bond acceptors (Lipinski definition) is 3. The standard InChI is InChI=1S/C19H21FN2O3S/c1-2-11-21-26(24,25)16-9-7-15(8-10-16)22-19(23)18-12-17(18)13-3-5-14(20)6-4-13/h3-10,17-18,21H,2,11-12H2,1H3,(H,22,23). The minimum atomic E-state index is -3.51. The van der Waals surface area contributed by atoms with E-state index in [1.54, 1.807) is 24.3 Å². The molecule has 0 aromatic heterocycles. The first kappa shape index (κ1) is 18.5. The number of carbonyl (C=O) groups excluding carboxylic acids is 1. The molecule has 2 aromatic carbocycles. The van der Waals surface area contributed by atoms with Crippen LogP contribution in [0.4, 0.5) is 10.1 Å². The Morgan fingerprint density at radius 1 is 1.12 bits per heavy atom. The molecule has 2 unspecified atom stereocenters. The second-order valence-electron chi connectivity index (χ2n) is 6.41. The van der Waals surface area contributed by atoms with Crippen LogP contribution >= 0.6 is 0 Å². The lowest BCUT2D eigenvalue weighted by Crippen LogP contribution is -2.24. The van der Waals surface area contributed by atoms with Gasteiger partial charge in [0.15, 0.2) is 0 Å². The molecule has 0 saturated heterocycles. The Labute approximate surface area is 152 Å². The average molecular weight is 376 g/mol. The van der Waals surface area contributed by atoms with E-state index >= 15 is 0 Å². The highest BCUT2D eigenvalue weighted by Crippen LogP contribution is 2.48. The van der Waals surface area contributed by atoms with Gasteiger partial charge in [-0.3, -0.25) is 4.79 Å². The van der Waals surface area contributed by atoms with Gasteiger partial charge in [0, 0.05) is 18.2 Å². The quantitative estimate of drug-likeness (QED) is 0.779. The maximum absolute atomic E-state index is 13.0. The summed E-state index contributed by atoms with van der Waals surface area (Å²) in [5.74, 6) is -0.443. The van der Waals surface area contributed by atoms with Crippen LogP contribution in [0.3, 0.4) is 0 Å². The lowest BCUT2D eigenvalue weighted by molar-refractivity contribution is -0.117. The Hall–Kier alpha value is -2.25. The molecule has 26 heavy (non-hydrogen) atoms. The van der Waals surface area contributed by atoms with Crippen LogP contribution < -0.4 is 10.0 Å². The van der Waals surface area contributed by atoms with E-state index in [9.17, 15) is 17.6 Å². The van der Waals surface area contributed by atoms with Gasteiger partial charge >= 0.3 is 0 Å². The van der Waals surface area contributed by atoms with Gasteiger partial charge in [0.05, 0.1) is 4.90 Å². The first-order chi connectivity index (χ1) is 12.4. The molecule has 1 saturated carbocycles. The van der Waals surface area contributed by atoms with E-state index in [0.717, 1.165) is 12.0 Å². The van der Waals surface area contributed by atoms with Crippen molar-refractivity contribution >= 4 is 21.6 Å². The zero-order valence-corrected chi connectivity index (χ0v) is 15.2. The summed E-state index contributed by atoms with van der Waals surface area (Å²) in [6.45, 7) is 2.27. The van der Waals surface area contributed by atoms with Crippen molar-refractivity contribution in [2.24, 2.45) is 5.92 Å². The maximum Gasteiger partial charge on any atom is 0.240 e. The van der Waals surface area contributed by atoms with Crippen LogP contribution in [0, 0.1) is 11.7 Å². The molecule has 138 valence electrons. The molecule has 2 aromatic rings. The number of hydrogen-bond donors (Lipinski definition) is 2. The maximum atomic E-state index is 13.0. The van der Waals surface area contributed by atoms with Crippen LogP contribution in [0.1, 0.15) is 31.2 Å². The monoisotopic (exact) mass is 376 g/mol. The minimum Gasteiger partial charge on any atom is -0.326 e. The van der Waals surface area contributed by atoms with E-state index in [-0.39, 0.29) is 28.5 Å². The second-order valence-corrected chi connectivity index (χ2v) is 8.18. The Morgan fingerprint density at radius 2 is 1.77 bits per heavy atom. The summed E-state index contributed by atoms with van der Waals surface area (Å²) in [5, 5.41) is 2.81. The van der Waals surface area contributed by atoms with Gasteiger partial charge in [-0.25, -0.2) is 17.5 Å². The lowest BCUT2D eigenvalue weighted by Gasteiger charge is -2.08. The first-order valence-corrected chi connectivity index (χ1v) is 10.0. The van der Waals surface area contributed by atoms with Gasteiger partial charge in [0.1, 0.15) is 5.82 Å². The van der Waals surface area contributed by atoms with Crippen LogP contribution in [0.15, 0.2) is 53.4 Å². The fraction of sp³-hybridized carbons (Fsp3) is 0.316. The highest BCUT2D eigenvalue weighted by Gasteiger charge is 2.43. The number of carbonyl (C=O) groups is 1. The molecule has 1 aliphatic carbocycles. The van der Waals surface area contributed by atoms with Gasteiger partial charge in [0.25, 0.3) is 0 Å². The van der Waals surface area contributed by atoms with Gasteiger partial charge in [-0.05, 0) is 60.7 Å². The molecule has 0 aliphatic heterocycles.